The maximum atomic E-state index is 12.9. The molecule has 0 spiro atoms. The molecule has 1 aromatic carbocycles. The Hall–Kier alpha value is -2.69. The van der Waals surface area contributed by atoms with Crippen molar-refractivity contribution in [2.24, 2.45) is 4.99 Å². The Labute approximate surface area is 120 Å². The number of nitrogens with zero attached hydrogens (tertiary/aromatic N) is 1. The van der Waals surface area contributed by atoms with E-state index in [4.69, 9.17) is 4.74 Å². The lowest BCUT2D eigenvalue weighted by Crippen LogP contribution is -2.16. The van der Waals surface area contributed by atoms with Crippen LogP contribution in [0.1, 0.15) is 13.3 Å². The zero-order valence-corrected chi connectivity index (χ0v) is 11.3. The highest BCUT2D eigenvalue weighted by Gasteiger charge is 2.22. The van der Waals surface area contributed by atoms with Crippen LogP contribution in [0.25, 0.3) is 0 Å². The monoisotopic (exact) mass is 285 g/mol. The molecule has 0 radical (unpaired) electrons. The second kappa shape index (κ2) is 5.01. The molecule has 1 aliphatic carbocycles. The molecule has 1 aromatic rings. The van der Waals surface area contributed by atoms with Crippen molar-refractivity contribution in [2.75, 3.05) is 0 Å². The summed E-state index contributed by atoms with van der Waals surface area (Å²) in [5.41, 5.74) is 2.58. The van der Waals surface area contributed by atoms with Crippen LogP contribution in [0.3, 0.4) is 0 Å². The van der Waals surface area contributed by atoms with E-state index in [1.54, 1.807) is 12.2 Å². The lowest BCUT2D eigenvalue weighted by atomic mass is 9.97. The molecule has 2 aliphatic rings. The highest BCUT2D eigenvalue weighted by molar-refractivity contribution is 6.08. The number of esters is 1. The van der Waals surface area contributed by atoms with Gasteiger partial charge in [0.1, 0.15) is 23.0 Å². The predicted octanol–water partition coefficient (Wildman–Crippen LogP) is 3.32. The van der Waals surface area contributed by atoms with Crippen molar-refractivity contribution in [2.45, 2.75) is 13.3 Å². The summed E-state index contributed by atoms with van der Waals surface area (Å²) in [6, 6.07) is 3.59. The second-order valence-electron chi connectivity index (χ2n) is 4.86. The number of phenolic OH excluding ortho intramolecular Hbond substituents is 1. The lowest BCUT2D eigenvalue weighted by molar-refractivity contribution is -0.138. The Morgan fingerprint density at radius 2 is 2.14 bits per heavy atom. The topological polar surface area (TPSA) is 58.9 Å². The van der Waals surface area contributed by atoms with Gasteiger partial charge in [0, 0.05) is 17.7 Å². The molecule has 0 aromatic heterocycles. The number of hydrogen-bond donors (Lipinski definition) is 1. The highest BCUT2D eigenvalue weighted by atomic mass is 19.1. The first-order valence-electron chi connectivity index (χ1n) is 6.41. The van der Waals surface area contributed by atoms with Gasteiger partial charge in [0.05, 0.1) is 12.1 Å². The maximum Gasteiger partial charge on any atom is 0.315 e. The van der Waals surface area contributed by atoms with Crippen molar-refractivity contribution in [3.8, 4) is 5.75 Å². The van der Waals surface area contributed by atoms with Crippen LogP contribution in [0.4, 0.5) is 10.1 Å². The Kier molecular flexibility index (Phi) is 3.17. The maximum absolute atomic E-state index is 12.9. The minimum absolute atomic E-state index is 0.243. The molecule has 0 atom stereocenters. The first-order chi connectivity index (χ1) is 10.0. The predicted molar refractivity (Wildman–Crippen MR) is 75.8 cm³/mol. The van der Waals surface area contributed by atoms with Gasteiger partial charge in [-0.1, -0.05) is 5.57 Å². The van der Waals surface area contributed by atoms with Gasteiger partial charge in [0.2, 0.25) is 0 Å². The van der Waals surface area contributed by atoms with Crippen LogP contribution in [-0.4, -0.2) is 16.8 Å². The molecule has 106 valence electrons. The van der Waals surface area contributed by atoms with Crippen LogP contribution >= 0.6 is 0 Å². The fourth-order valence-corrected chi connectivity index (χ4v) is 2.22. The number of rotatable bonds is 1. The Balaban J connectivity index is 1.99. The van der Waals surface area contributed by atoms with Crippen LogP contribution in [0, 0.1) is 5.82 Å². The van der Waals surface area contributed by atoms with Crippen LogP contribution < -0.4 is 0 Å². The van der Waals surface area contributed by atoms with Crippen molar-refractivity contribution in [1.82, 2.24) is 0 Å². The first-order valence-corrected chi connectivity index (χ1v) is 6.41. The molecule has 0 bridgehead atoms. The summed E-state index contributed by atoms with van der Waals surface area (Å²) >= 11 is 0. The number of fused-ring (bicyclic) bond motifs is 1. The van der Waals surface area contributed by atoms with Gasteiger partial charge in [0.15, 0.2) is 0 Å². The molecule has 1 aliphatic heterocycles. The molecule has 0 amide bonds. The Bertz CT molecular complexity index is 757. The van der Waals surface area contributed by atoms with Gasteiger partial charge in [-0.3, -0.25) is 4.79 Å². The van der Waals surface area contributed by atoms with Crippen molar-refractivity contribution in [3.05, 3.63) is 59.1 Å². The van der Waals surface area contributed by atoms with Crippen molar-refractivity contribution < 1.29 is 19.0 Å². The summed E-state index contributed by atoms with van der Waals surface area (Å²) in [6.45, 7) is 1.88. The standard InChI is InChI=1S/C16H12FNO3/c1-9-6-16(20)21-15-8-11(3-4-12(9)15)18-13-5-2-10(17)7-14(13)19/h2-5,7-8,19H,6H2,1H3. The molecular weight excluding hydrogens is 273 g/mol. The fourth-order valence-electron chi connectivity index (χ4n) is 2.22. The number of halogens is 1. The van der Waals surface area contributed by atoms with Crippen molar-refractivity contribution in [1.29, 1.82) is 0 Å². The van der Waals surface area contributed by atoms with Gasteiger partial charge in [-0.15, -0.1) is 0 Å². The Morgan fingerprint density at radius 1 is 1.33 bits per heavy atom. The van der Waals surface area contributed by atoms with E-state index in [9.17, 15) is 14.3 Å². The second-order valence-corrected chi connectivity index (χ2v) is 4.86. The minimum Gasteiger partial charge on any atom is -0.506 e. The Morgan fingerprint density at radius 3 is 2.90 bits per heavy atom. The average molecular weight is 285 g/mol. The number of aliphatic imine (C=N–C) groups is 1. The van der Waals surface area contributed by atoms with Crippen LogP contribution in [0.15, 0.2) is 58.3 Å². The number of carbonyl (C=O) groups is 1. The molecule has 0 fully saturated rings. The number of benzene rings is 1. The molecule has 0 saturated heterocycles. The zero-order valence-electron chi connectivity index (χ0n) is 11.3. The lowest BCUT2D eigenvalue weighted by Gasteiger charge is -2.20. The minimum atomic E-state index is -0.531. The van der Waals surface area contributed by atoms with Gasteiger partial charge < -0.3 is 9.84 Å². The highest BCUT2D eigenvalue weighted by Crippen LogP contribution is 2.31. The van der Waals surface area contributed by atoms with Crippen molar-refractivity contribution in [3.63, 3.8) is 0 Å². The van der Waals surface area contributed by atoms with E-state index >= 15 is 0 Å². The smallest absolute Gasteiger partial charge is 0.315 e. The third kappa shape index (κ3) is 2.63. The zero-order chi connectivity index (χ0) is 15.0. The van der Waals surface area contributed by atoms with E-state index in [1.165, 1.54) is 12.1 Å². The summed E-state index contributed by atoms with van der Waals surface area (Å²) in [5.74, 6) is -0.628. The SMILES string of the molecule is CC1=C2C=CC(=Nc3ccc(F)cc3O)C=C2OC(=O)C1. The number of ether oxygens (including phenoxy) is 1. The molecule has 1 heterocycles. The van der Waals surface area contributed by atoms with Crippen LogP contribution in [0.2, 0.25) is 0 Å². The number of allylic oxidation sites excluding steroid dienone is 3. The van der Waals surface area contributed by atoms with E-state index in [1.807, 2.05) is 13.0 Å². The molecule has 3 rings (SSSR count). The molecule has 1 N–H and O–H groups in total. The largest absolute Gasteiger partial charge is 0.506 e. The number of aromatic hydroxyl groups is 1. The number of carbonyl (C=O) groups excluding carboxylic acids is 1. The van der Waals surface area contributed by atoms with E-state index in [0.717, 1.165) is 17.2 Å². The molecule has 5 heteroatoms. The molecular formula is C16H12FNO3. The molecule has 0 saturated carbocycles. The van der Waals surface area contributed by atoms with Gasteiger partial charge in [-0.2, -0.15) is 0 Å². The summed E-state index contributed by atoms with van der Waals surface area (Å²) in [6.07, 6.45) is 5.47. The van der Waals surface area contributed by atoms with Crippen LogP contribution in [-0.2, 0) is 9.53 Å². The third-order valence-electron chi connectivity index (χ3n) is 3.25. The van der Waals surface area contributed by atoms with Crippen LogP contribution in [0.5, 0.6) is 5.75 Å². The summed E-state index contributed by atoms with van der Waals surface area (Å²) in [5, 5.41) is 9.65. The van der Waals surface area contributed by atoms with Gasteiger partial charge >= 0.3 is 5.97 Å². The quantitative estimate of drug-likeness (QED) is 0.805. The molecule has 4 nitrogen and oxygen atoms in total. The molecule has 0 unspecified atom stereocenters. The third-order valence-corrected chi connectivity index (χ3v) is 3.25. The summed E-state index contributed by atoms with van der Waals surface area (Å²) in [4.78, 5) is 15.7. The number of phenols is 1. The van der Waals surface area contributed by atoms with E-state index < -0.39 is 5.82 Å². The fraction of sp³-hybridized carbons (Fsp3) is 0.125. The van der Waals surface area contributed by atoms with Gasteiger partial charge in [-0.05, 0) is 31.2 Å². The van der Waals surface area contributed by atoms with Gasteiger partial charge in [-0.25, -0.2) is 9.38 Å². The van der Waals surface area contributed by atoms with Crippen molar-refractivity contribution >= 4 is 17.4 Å². The molecule has 21 heavy (non-hydrogen) atoms. The summed E-state index contributed by atoms with van der Waals surface area (Å²) in [7, 11) is 0. The van der Waals surface area contributed by atoms with Gasteiger partial charge in [0.25, 0.3) is 0 Å². The number of hydrogen-bond acceptors (Lipinski definition) is 4. The van der Waals surface area contributed by atoms with E-state index in [0.29, 0.717) is 11.5 Å². The van der Waals surface area contributed by atoms with E-state index in [-0.39, 0.29) is 23.8 Å². The first kappa shape index (κ1) is 13.3. The average Bonchev–Trinajstić information content (AvgIpc) is 2.41. The summed E-state index contributed by atoms with van der Waals surface area (Å²) < 4.78 is 18.1. The normalized spacial score (nSPS) is 19.4. The van der Waals surface area contributed by atoms with E-state index in [2.05, 4.69) is 4.99 Å².